The molecule has 19 heavy (non-hydrogen) atoms. The molecular formula is C14H17N3O2. The highest BCUT2D eigenvalue weighted by atomic mass is 16.4. The normalized spacial score (nSPS) is 22.9. The van der Waals surface area contributed by atoms with Gasteiger partial charge in [-0.25, -0.2) is 9.78 Å². The molecule has 5 heteroatoms. The number of piperidine rings is 1. The summed E-state index contributed by atoms with van der Waals surface area (Å²) >= 11 is 0. The Morgan fingerprint density at radius 1 is 1.58 bits per heavy atom. The molecular weight excluding hydrogens is 242 g/mol. The van der Waals surface area contributed by atoms with E-state index in [9.17, 15) is 9.90 Å². The minimum absolute atomic E-state index is 0.401. The molecule has 5 nitrogen and oxygen atoms in total. The van der Waals surface area contributed by atoms with E-state index >= 15 is 0 Å². The summed E-state index contributed by atoms with van der Waals surface area (Å²) in [4.78, 5) is 17.6. The third kappa shape index (κ3) is 2.84. The van der Waals surface area contributed by atoms with Crippen LogP contribution in [0.1, 0.15) is 31.0 Å². The maximum Gasteiger partial charge on any atom is 0.326 e. The number of carbonyl (C=O) groups is 1. The van der Waals surface area contributed by atoms with Crippen molar-refractivity contribution in [3.63, 3.8) is 0 Å². The number of carboxylic acid groups (broad SMARTS) is 1. The molecule has 1 saturated heterocycles. The maximum atomic E-state index is 11.4. The number of nitrogens with zero attached hydrogens (tertiary/aromatic N) is 3. The minimum Gasteiger partial charge on any atom is -0.480 e. The number of hydrogen-bond acceptors (Lipinski definition) is 4. The Labute approximate surface area is 112 Å². The van der Waals surface area contributed by atoms with E-state index in [1.54, 1.807) is 17.0 Å². The molecule has 100 valence electrons. The molecule has 2 atom stereocenters. The van der Waals surface area contributed by atoms with Gasteiger partial charge in [-0.3, -0.25) is 0 Å². The predicted octanol–water partition coefficient (Wildman–Crippen LogP) is 1.95. The molecule has 2 rings (SSSR count). The van der Waals surface area contributed by atoms with Crippen LogP contribution in [0.25, 0.3) is 0 Å². The van der Waals surface area contributed by atoms with Gasteiger partial charge in [0.1, 0.15) is 11.9 Å². The highest BCUT2D eigenvalue weighted by Gasteiger charge is 2.32. The molecule has 1 aromatic heterocycles. The quantitative estimate of drug-likeness (QED) is 0.878. The molecule has 1 aromatic rings. The molecule has 0 radical (unpaired) electrons. The zero-order chi connectivity index (χ0) is 14.0. The lowest BCUT2D eigenvalue weighted by Gasteiger charge is -2.37. The first kappa shape index (κ1) is 13.3. The van der Waals surface area contributed by atoms with E-state index in [0.717, 1.165) is 12.1 Å². The monoisotopic (exact) mass is 259 g/mol. The average Bonchev–Trinajstić information content (AvgIpc) is 2.37. The van der Waals surface area contributed by atoms with E-state index in [1.807, 2.05) is 6.92 Å². The molecule has 0 aliphatic carbocycles. The van der Waals surface area contributed by atoms with E-state index < -0.39 is 12.0 Å². The SMILES string of the molecule is Cc1cc(C#N)cc(N2CCC(C)CC2C(=O)O)n1. The van der Waals surface area contributed by atoms with Crippen LogP contribution < -0.4 is 4.90 Å². The van der Waals surface area contributed by atoms with Crippen LogP contribution in [0, 0.1) is 24.2 Å². The first-order valence-electron chi connectivity index (χ1n) is 6.39. The van der Waals surface area contributed by atoms with Crippen molar-refractivity contribution >= 4 is 11.8 Å². The van der Waals surface area contributed by atoms with Crippen molar-refractivity contribution in [1.29, 1.82) is 5.26 Å². The Bertz CT molecular complexity index is 536. The Kier molecular flexibility index (Phi) is 3.70. The Balaban J connectivity index is 2.36. The molecule has 1 aliphatic rings. The van der Waals surface area contributed by atoms with Crippen LogP contribution in [-0.2, 0) is 4.79 Å². The Morgan fingerprint density at radius 2 is 2.32 bits per heavy atom. The summed E-state index contributed by atoms with van der Waals surface area (Å²) in [6.45, 7) is 4.55. The summed E-state index contributed by atoms with van der Waals surface area (Å²) in [5.74, 6) is 0.168. The summed E-state index contributed by atoms with van der Waals surface area (Å²) in [6.07, 6.45) is 1.56. The highest BCUT2D eigenvalue weighted by molar-refractivity contribution is 5.78. The van der Waals surface area contributed by atoms with Crippen molar-refractivity contribution < 1.29 is 9.90 Å². The average molecular weight is 259 g/mol. The van der Waals surface area contributed by atoms with E-state index in [1.165, 1.54) is 0 Å². The molecule has 1 aliphatic heterocycles. The van der Waals surface area contributed by atoms with E-state index in [4.69, 9.17) is 5.26 Å². The maximum absolute atomic E-state index is 11.4. The Hall–Kier alpha value is -2.09. The third-order valence-electron chi connectivity index (χ3n) is 3.51. The van der Waals surface area contributed by atoms with Gasteiger partial charge in [-0.2, -0.15) is 5.26 Å². The van der Waals surface area contributed by atoms with Gasteiger partial charge >= 0.3 is 5.97 Å². The number of nitriles is 1. The van der Waals surface area contributed by atoms with Gasteiger partial charge in [0.25, 0.3) is 0 Å². The lowest BCUT2D eigenvalue weighted by molar-refractivity contribution is -0.139. The molecule has 1 fully saturated rings. The molecule has 0 saturated carbocycles. The van der Waals surface area contributed by atoms with E-state index in [-0.39, 0.29) is 0 Å². The second kappa shape index (κ2) is 5.27. The van der Waals surface area contributed by atoms with Crippen molar-refractivity contribution in [3.05, 3.63) is 23.4 Å². The summed E-state index contributed by atoms with van der Waals surface area (Å²) in [5, 5.41) is 18.3. The Morgan fingerprint density at radius 3 is 2.95 bits per heavy atom. The van der Waals surface area contributed by atoms with Crippen LogP contribution in [0.3, 0.4) is 0 Å². The van der Waals surface area contributed by atoms with Crippen molar-refractivity contribution in [3.8, 4) is 6.07 Å². The standard InChI is InChI=1S/C14H17N3O2/c1-9-3-4-17(12(5-9)14(18)19)13-7-11(8-15)6-10(2)16-13/h6-7,9,12H,3-5H2,1-2H3,(H,18,19). The first-order chi connectivity index (χ1) is 9.01. The highest BCUT2D eigenvalue weighted by Crippen LogP contribution is 2.27. The van der Waals surface area contributed by atoms with Gasteiger partial charge in [0.05, 0.1) is 11.6 Å². The molecule has 1 N–H and O–H groups in total. The second-order valence-electron chi connectivity index (χ2n) is 5.14. The van der Waals surface area contributed by atoms with Crippen molar-refractivity contribution in [1.82, 2.24) is 4.98 Å². The minimum atomic E-state index is -0.826. The van der Waals surface area contributed by atoms with Gasteiger partial charge < -0.3 is 10.0 Å². The molecule has 0 aromatic carbocycles. The number of pyridine rings is 1. The molecule has 0 bridgehead atoms. The van der Waals surface area contributed by atoms with Crippen molar-refractivity contribution in [2.45, 2.75) is 32.7 Å². The third-order valence-corrected chi connectivity index (χ3v) is 3.51. The van der Waals surface area contributed by atoms with Crippen molar-refractivity contribution in [2.75, 3.05) is 11.4 Å². The van der Waals surface area contributed by atoms with E-state index in [0.29, 0.717) is 30.3 Å². The van der Waals surface area contributed by atoms with Gasteiger partial charge in [-0.15, -0.1) is 0 Å². The smallest absolute Gasteiger partial charge is 0.326 e. The fourth-order valence-corrected chi connectivity index (χ4v) is 2.51. The van der Waals surface area contributed by atoms with Gasteiger partial charge in [0.2, 0.25) is 0 Å². The van der Waals surface area contributed by atoms with Crippen LogP contribution in [0.5, 0.6) is 0 Å². The lowest BCUT2D eigenvalue weighted by Crippen LogP contribution is -2.47. The van der Waals surface area contributed by atoms with E-state index in [2.05, 4.69) is 18.0 Å². The molecule has 0 spiro atoms. The number of aromatic nitrogens is 1. The van der Waals surface area contributed by atoms with Gasteiger partial charge in [0.15, 0.2) is 0 Å². The fourth-order valence-electron chi connectivity index (χ4n) is 2.51. The fraction of sp³-hybridized carbons (Fsp3) is 0.500. The van der Waals surface area contributed by atoms with Gasteiger partial charge in [-0.1, -0.05) is 6.92 Å². The van der Waals surface area contributed by atoms with Crippen LogP contribution in [-0.4, -0.2) is 28.6 Å². The van der Waals surface area contributed by atoms with Gasteiger partial charge in [-0.05, 0) is 37.8 Å². The summed E-state index contributed by atoms with van der Waals surface area (Å²) in [5.41, 5.74) is 1.25. The summed E-state index contributed by atoms with van der Waals surface area (Å²) < 4.78 is 0. The number of carboxylic acids is 1. The molecule has 2 unspecified atom stereocenters. The first-order valence-corrected chi connectivity index (χ1v) is 6.39. The summed E-state index contributed by atoms with van der Waals surface area (Å²) in [7, 11) is 0. The number of anilines is 1. The van der Waals surface area contributed by atoms with Crippen LogP contribution in [0.2, 0.25) is 0 Å². The van der Waals surface area contributed by atoms with Crippen molar-refractivity contribution in [2.24, 2.45) is 5.92 Å². The topological polar surface area (TPSA) is 77.2 Å². The zero-order valence-electron chi connectivity index (χ0n) is 11.1. The largest absolute Gasteiger partial charge is 0.480 e. The van der Waals surface area contributed by atoms with Crippen LogP contribution >= 0.6 is 0 Å². The lowest BCUT2D eigenvalue weighted by atomic mass is 9.92. The number of aliphatic carboxylic acids is 1. The summed E-state index contributed by atoms with van der Waals surface area (Å²) in [6, 6.07) is 4.90. The number of hydrogen-bond donors (Lipinski definition) is 1. The van der Waals surface area contributed by atoms with Crippen LogP contribution in [0.4, 0.5) is 5.82 Å². The number of aryl methyl sites for hydroxylation is 1. The van der Waals surface area contributed by atoms with Crippen LogP contribution in [0.15, 0.2) is 12.1 Å². The number of rotatable bonds is 2. The van der Waals surface area contributed by atoms with Gasteiger partial charge in [0, 0.05) is 12.2 Å². The molecule has 2 heterocycles. The predicted molar refractivity (Wildman–Crippen MR) is 70.9 cm³/mol. The zero-order valence-corrected chi connectivity index (χ0v) is 11.1. The molecule has 0 amide bonds. The second-order valence-corrected chi connectivity index (χ2v) is 5.14.